The van der Waals surface area contributed by atoms with Crippen molar-refractivity contribution in [3.05, 3.63) is 64.1 Å². The number of amides is 2. The highest BCUT2D eigenvalue weighted by Crippen LogP contribution is 2.24. The molecule has 1 heterocycles. The summed E-state index contributed by atoms with van der Waals surface area (Å²) < 4.78 is 26.8. The fourth-order valence-electron chi connectivity index (χ4n) is 3.49. The third kappa shape index (κ3) is 6.01. The van der Waals surface area contributed by atoms with Gasteiger partial charge < -0.3 is 10.6 Å². The lowest BCUT2D eigenvalue weighted by molar-refractivity contribution is -0.131. The Bertz CT molecular complexity index is 1070. The van der Waals surface area contributed by atoms with Gasteiger partial charge in [-0.3, -0.25) is 9.59 Å². The molecule has 0 unspecified atom stereocenters. The fraction of sp³-hybridized carbons (Fsp3) is 0.364. The smallest absolute Gasteiger partial charge is 0.243 e. The van der Waals surface area contributed by atoms with E-state index in [4.69, 9.17) is 23.2 Å². The molecular weight excluding hydrogens is 473 g/mol. The summed E-state index contributed by atoms with van der Waals surface area (Å²) in [5, 5.41) is 6.32. The molecule has 32 heavy (non-hydrogen) atoms. The number of sulfonamides is 1. The maximum Gasteiger partial charge on any atom is 0.243 e. The second kappa shape index (κ2) is 10.7. The maximum absolute atomic E-state index is 12.7. The van der Waals surface area contributed by atoms with Crippen LogP contribution in [0.3, 0.4) is 0 Å². The molecule has 0 saturated carbocycles. The summed E-state index contributed by atoms with van der Waals surface area (Å²) in [5.41, 5.74) is 0.790. The number of nitrogens with zero attached hydrogens (tertiary/aromatic N) is 1. The van der Waals surface area contributed by atoms with Gasteiger partial charge in [0.15, 0.2) is 0 Å². The number of piperidine rings is 1. The van der Waals surface area contributed by atoms with E-state index in [0.717, 1.165) is 5.56 Å². The van der Waals surface area contributed by atoms with Gasteiger partial charge in [0.1, 0.15) is 6.04 Å². The Morgan fingerprint density at radius 2 is 1.72 bits per heavy atom. The van der Waals surface area contributed by atoms with Gasteiger partial charge in [-0.15, -0.1) is 0 Å². The van der Waals surface area contributed by atoms with Crippen molar-refractivity contribution in [3.63, 3.8) is 0 Å². The molecular formula is C22H25Cl2N3O4S. The Balaban J connectivity index is 1.47. The zero-order chi connectivity index (χ0) is 23.3. The Hall–Kier alpha value is -2.13. The van der Waals surface area contributed by atoms with E-state index < -0.39 is 16.1 Å². The van der Waals surface area contributed by atoms with Crippen molar-refractivity contribution in [1.82, 2.24) is 14.9 Å². The number of hydrogen-bond acceptors (Lipinski definition) is 4. The highest BCUT2D eigenvalue weighted by molar-refractivity contribution is 7.89. The third-order valence-electron chi connectivity index (χ3n) is 5.41. The largest absolute Gasteiger partial charge is 0.350 e. The van der Waals surface area contributed by atoms with Crippen molar-refractivity contribution < 1.29 is 18.0 Å². The normalized spacial score (nSPS) is 16.3. The van der Waals surface area contributed by atoms with Crippen LogP contribution in [0.4, 0.5) is 0 Å². The molecule has 0 bridgehead atoms. The Morgan fingerprint density at radius 1 is 1.06 bits per heavy atom. The predicted molar refractivity (Wildman–Crippen MR) is 124 cm³/mol. The highest BCUT2D eigenvalue weighted by Gasteiger charge is 2.32. The average Bonchev–Trinajstić information content (AvgIpc) is 2.80. The lowest BCUT2D eigenvalue weighted by Gasteiger charge is -2.31. The molecule has 10 heteroatoms. The monoisotopic (exact) mass is 497 g/mol. The number of carbonyl (C=O) groups is 2. The van der Waals surface area contributed by atoms with Crippen LogP contribution in [0, 0.1) is 5.92 Å². The first-order valence-corrected chi connectivity index (χ1v) is 12.5. The van der Waals surface area contributed by atoms with E-state index in [1.807, 2.05) is 0 Å². The predicted octanol–water partition coefficient (Wildman–Crippen LogP) is 3.22. The van der Waals surface area contributed by atoms with E-state index in [1.54, 1.807) is 55.5 Å². The first-order valence-electron chi connectivity index (χ1n) is 10.3. The first-order chi connectivity index (χ1) is 15.2. The van der Waals surface area contributed by atoms with Crippen LogP contribution in [0.5, 0.6) is 0 Å². The summed E-state index contributed by atoms with van der Waals surface area (Å²) in [7, 11) is -3.57. The van der Waals surface area contributed by atoms with Crippen molar-refractivity contribution in [2.75, 3.05) is 13.1 Å². The van der Waals surface area contributed by atoms with Gasteiger partial charge in [-0.05, 0) is 49.6 Å². The maximum atomic E-state index is 12.7. The van der Waals surface area contributed by atoms with Crippen LogP contribution in [-0.4, -0.2) is 43.7 Å². The van der Waals surface area contributed by atoms with E-state index in [9.17, 15) is 18.0 Å². The Labute approximate surface area is 198 Å². The van der Waals surface area contributed by atoms with Crippen LogP contribution in [0.15, 0.2) is 53.4 Å². The highest BCUT2D eigenvalue weighted by atomic mass is 35.5. The van der Waals surface area contributed by atoms with Crippen LogP contribution in [0.1, 0.15) is 25.3 Å². The summed E-state index contributed by atoms with van der Waals surface area (Å²) in [4.78, 5) is 25.2. The van der Waals surface area contributed by atoms with Crippen LogP contribution in [0.2, 0.25) is 10.0 Å². The van der Waals surface area contributed by atoms with E-state index in [0.29, 0.717) is 22.9 Å². The Kier molecular flexibility index (Phi) is 8.16. The lowest BCUT2D eigenvalue weighted by atomic mass is 9.97. The number of hydrogen-bond donors (Lipinski definition) is 2. The standard InChI is InChI=1S/C22H25Cl2N3O4S/c1-15(21(28)25-14-16-7-8-19(23)20(24)13-16)26-22(29)17-9-11-27(12-10-17)32(30,31)18-5-3-2-4-6-18/h2-8,13,15,17H,9-12,14H2,1H3,(H,25,28)(H,26,29)/t15-/m1/s1. The third-order valence-corrected chi connectivity index (χ3v) is 8.06. The molecule has 1 atom stereocenters. The molecule has 7 nitrogen and oxygen atoms in total. The molecule has 2 N–H and O–H groups in total. The van der Waals surface area contributed by atoms with Gasteiger partial charge in [0, 0.05) is 25.6 Å². The molecule has 2 amide bonds. The minimum Gasteiger partial charge on any atom is -0.350 e. The number of nitrogens with one attached hydrogen (secondary N) is 2. The molecule has 1 saturated heterocycles. The number of carbonyl (C=O) groups excluding carboxylic acids is 2. The zero-order valence-electron chi connectivity index (χ0n) is 17.6. The molecule has 3 rings (SSSR count). The topological polar surface area (TPSA) is 95.6 Å². The molecule has 1 aliphatic rings. The van der Waals surface area contributed by atoms with Crippen molar-refractivity contribution >= 4 is 45.0 Å². The molecule has 172 valence electrons. The molecule has 1 aliphatic heterocycles. The van der Waals surface area contributed by atoms with Crippen molar-refractivity contribution in [1.29, 1.82) is 0 Å². The molecule has 2 aromatic rings. The van der Waals surface area contributed by atoms with E-state index in [2.05, 4.69) is 10.6 Å². The van der Waals surface area contributed by atoms with Gasteiger partial charge in [-0.25, -0.2) is 8.42 Å². The van der Waals surface area contributed by atoms with Gasteiger partial charge in [-0.2, -0.15) is 4.31 Å². The average molecular weight is 498 g/mol. The minimum atomic E-state index is -3.57. The van der Waals surface area contributed by atoms with Gasteiger partial charge >= 0.3 is 0 Å². The van der Waals surface area contributed by atoms with E-state index in [1.165, 1.54) is 4.31 Å². The van der Waals surface area contributed by atoms with Crippen LogP contribution >= 0.6 is 23.2 Å². The molecule has 0 aliphatic carbocycles. The van der Waals surface area contributed by atoms with Crippen molar-refractivity contribution in [3.8, 4) is 0 Å². The van der Waals surface area contributed by atoms with Crippen molar-refractivity contribution in [2.45, 2.75) is 37.2 Å². The molecule has 0 radical (unpaired) electrons. The summed E-state index contributed by atoms with van der Waals surface area (Å²) in [6, 6.07) is 12.6. The SMILES string of the molecule is C[C@@H](NC(=O)C1CCN(S(=O)(=O)c2ccccc2)CC1)C(=O)NCc1ccc(Cl)c(Cl)c1. The summed E-state index contributed by atoms with van der Waals surface area (Å²) in [5.74, 6) is -0.921. The fourth-order valence-corrected chi connectivity index (χ4v) is 5.30. The molecule has 0 spiro atoms. The Morgan fingerprint density at radius 3 is 2.34 bits per heavy atom. The van der Waals surface area contributed by atoms with Crippen molar-refractivity contribution in [2.24, 2.45) is 5.92 Å². The summed E-state index contributed by atoms with van der Waals surface area (Å²) in [6.45, 7) is 2.38. The number of rotatable bonds is 7. The van der Waals surface area contributed by atoms with Crippen LogP contribution in [0.25, 0.3) is 0 Å². The summed E-state index contributed by atoms with van der Waals surface area (Å²) >= 11 is 11.9. The van der Waals surface area contributed by atoms with Crippen LogP contribution in [-0.2, 0) is 26.2 Å². The van der Waals surface area contributed by atoms with Gasteiger partial charge in [0.05, 0.1) is 14.9 Å². The lowest BCUT2D eigenvalue weighted by Crippen LogP contribution is -2.49. The number of halogens is 2. The molecule has 2 aromatic carbocycles. The second-order valence-corrected chi connectivity index (χ2v) is 10.4. The van der Waals surface area contributed by atoms with Gasteiger partial charge in [0.25, 0.3) is 0 Å². The quantitative estimate of drug-likeness (QED) is 0.613. The minimum absolute atomic E-state index is 0.246. The van der Waals surface area contributed by atoms with Gasteiger partial charge in [0.2, 0.25) is 21.8 Å². The summed E-state index contributed by atoms with van der Waals surface area (Å²) in [6.07, 6.45) is 0.797. The van der Waals surface area contributed by atoms with Gasteiger partial charge in [-0.1, -0.05) is 47.5 Å². The van der Waals surface area contributed by atoms with E-state index in [-0.39, 0.29) is 42.3 Å². The second-order valence-electron chi connectivity index (χ2n) is 7.69. The molecule has 0 aromatic heterocycles. The zero-order valence-corrected chi connectivity index (χ0v) is 19.9. The first kappa shape index (κ1) is 24.5. The van der Waals surface area contributed by atoms with E-state index >= 15 is 0 Å². The van der Waals surface area contributed by atoms with Crippen LogP contribution < -0.4 is 10.6 Å². The number of benzene rings is 2. The molecule has 1 fully saturated rings.